The van der Waals surface area contributed by atoms with E-state index < -0.39 is 11.9 Å². The van der Waals surface area contributed by atoms with Crippen LogP contribution in [0.3, 0.4) is 0 Å². The van der Waals surface area contributed by atoms with Gasteiger partial charge in [-0.25, -0.2) is 4.79 Å². The Morgan fingerprint density at radius 2 is 1.90 bits per heavy atom. The first-order valence-corrected chi connectivity index (χ1v) is 9.83. The number of nitrogens with one attached hydrogen (secondary N) is 1. The number of carbonyl (C=O) groups is 2. The highest BCUT2D eigenvalue weighted by molar-refractivity contribution is 6.00. The molecular formula is C20H27N3O6. The second kappa shape index (κ2) is 9.82. The maximum absolute atomic E-state index is 12.9. The lowest BCUT2D eigenvalue weighted by atomic mass is 10.0. The van der Waals surface area contributed by atoms with E-state index in [1.54, 1.807) is 11.6 Å². The smallest absolute Gasteiger partial charge is 0.329 e. The Labute approximate surface area is 168 Å². The van der Waals surface area contributed by atoms with Gasteiger partial charge in [0.05, 0.1) is 37.5 Å². The van der Waals surface area contributed by atoms with Crippen molar-refractivity contribution in [3.63, 3.8) is 0 Å². The molecule has 158 valence electrons. The summed E-state index contributed by atoms with van der Waals surface area (Å²) in [5.74, 6) is -0.736. The topological polar surface area (TPSA) is 112 Å². The highest BCUT2D eigenvalue weighted by Gasteiger charge is 2.31. The van der Waals surface area contributed by atoms with Crippen molar-refractivity contribution in [3.8, 4) is 0 Å². The predicted molar refractivity (Wildman–Crippen MR) is 106 cm³/mol. The molecule has 1 atom stereocenters. The van der Waals surface area contributed by atoms with Gasteiger partial charge >= 0.3 is 5.69 Å². The predicted octanol–water partition coefficient (Wildman–Crippen LogP) is 0.276. The number of carbonyl (C=O) groups excluding carboxylic acids is 2. The summed E-state index contributed by atoms with van der Waals surface area (Å²) in [4.78, 5) is 36.6. The maximum Gasteiger partial charge on any atom is 0.329 e. The first-order valence-electron chi connectivity index (χ1n) is 9.83. The van der Waals surface area contributed by atoms with Crippen LogP contribution < -0.4 is 11.0 Å². The monoisotopic (exact) mass is 405 g/mol. The van der Waals surface area contributed by atoms with Gasteiger partial charge in [-0.1, -0.05) is 12.1 Å². The van der Waals surface area contributed by atoms with Crippen molar-refractivity contribution >= 4 is 22.8 Å². The SMILES string of the molecule is Cn1c(=O)n(C2CCC(=O)NC2=O)c2cccc(CCCOCCOCCO)c21. The maximum atomic E-state index is 12.9. The molecule has 1 aliphatic rings. The third-order valence-electron chi connectivity index (χ3n) is 5.05. The number of benzene rings is 1. The molecule has 1 unspecified atom stereocenters. The molecule has 2 aromatic rings. The molecular weight excluding hydrogens is 378 g/mol. The lowest BCUT2D eigenvalue weighted by Gasteiger charge is -2.21. The number of hydrogen-bond donors (Lipinski definition) is 2. The highest BCUT2D eigenvalue weighted by atomic mass is 16.5. The van der Waals surface area contributed by atoms with Crippen LogP contribution in [0.2, 0.25) is 0 Å². The Balaban J connectivity index is 1.72. The third-order valence-corrected chi connectivity index (χ3v) is 5.05. The van der Waals surface area contributed by atoms with Crippen LogP contribution in [0.15, 0.2) is 23.0 Å². The van der Waals surface area contributed by atoms with E-state index in [0.717, 1.165) is 23.9 Å². The summed E-state index contributed by atoms with van der Waals surface area (Å²) in [6.45, 7) is 1.78. The zero-order valence-corrected chi connectivity index (χ0v) is 16.6. The number of amides is 2. The molecule has 2 heterocycles. The summed E-state index contributed by atoms with van der Waals surface area (Å²) in [5, 5.41) is 11.0. The van der Waals surface area contributed by atoms with Gasteiger partial charge in [0.2, 0.25) is 11.8 Å². The second-order valence-corrected chi connectivity index (χ2v) is 7.02. The molecule has 0 saturated carbocycles. The molecule has 3 rings (SSSR count). The van der Waals surface area contributed by atoms with Gasteiger partial charge in [0.1, 0.15) is 6.04 Å². The first-order chi connectivity index (χ1) is 14.0. The van der Waals surface area contributed by atoms with E-state index in [1.165, 1.54) is 4.57 Å². The van der Waals surface area contributed by atoms with Crippen LogP contribution in [0.4, 0.5) is 0 Å². The minimum atomic E-state index is -0.679. The Hall–Kier alpha value is -2.49. The number of aliphatic hydroxyl groups excluding tert-OH is 1. The van der Waals surface area contributed by atoms with E-state index in [9.17, 15) is 14.4 Å². The van der Waals surface area contributed by atoms with Crippen molar-refractivity contribution in [2.24, 2.45) is 7.05 Å². The van der Waals surface area contributed by atoms with Crippen molar-refractivity contribution in [1.29, 1.82) is 0 Å². The minimum Gasteiger partial charge on any atom is -0.394 e. The summed E-state index contributed by atoms with van der Waals surface area (Å²) in [6.07, 6.45) is 2.04. The number of fused-ring (bicyclic) bond motifs is 1. The average molecular weight is 405 g/mol. The third kappa shape index (κ3) is 4.75. The van der Waals surface area contributed by atoms with Gasteiger partial charge in [-0.2, -0.15) is 0 Å². The molecule has 1 aromatic carbocycles. The summed E-state index contributed by atoms with van der Waals surface area (Å²) >= 11 is 0. The number of rotatable bonds is 10. The normalized spacial score (nSPS) is 17.1. The number of nitrogens with zero attached hydrogens (tertiary/aromatic N) is 2. The van der Waals surface area contributed by atoms with Gasteiger partial charge < -0.3 is 14.6 Å². The number of imide groups is 1. The molecule has 2 amide bonds. The first kappa shape index (κ1) is 21.2. The Morgan fingerprint density at radius 1 is 1.14 bits per heavy atom. The van der Waals surface area contributed by atoms with E-state index >= 15 is 0 Å². The van der Waals surface area contributed by atoms with Crippen molar-refractivity contribution in [2.75, 3.05) is 33.0 Å². The molecule has 0 radical (unpaired) electrons. The number of ether oxygens (including phenoxy) is 2. The number of aryl methyl sites for hydroxylation is 2. The van der Waals surface area contributed by atoms with Gasteiger partial charge in [0.15, 0.2) is 0 Å². The van der Waals surface area contributed by atoms with Gasteiger partial charge in [-0.05, 0) is 30.9 Å². The van der Waals surface area contributed by atoms with E-state index in [2.05, 4.69) is 5.32 Å². The minimum absolute atomic E-state index is 0.00119. The van der Waals surface area contributed by atoms with Crippen molar-refractivity contribution in [1.82, 2.24) is 14.5 Å². The van der Waals surface area contributed by atoms with Gasteiger partial charge in [-0.3, -0.25) is 24.0 Å². The lowest BCUT2D eigenvalue weighted by molar-refractivity contribution is -0.135. The molecule has 0 bridgehead atoms. The molecule has 2 N–H and O–H groups in total. The van der Waals surface area contributed by atoms with Crippen LogP contribution in [0.25, 0.3) is 11.0 Å². The Bertz CT molecular complexity index is 932. The summed E-state index contributed by atoms with van der Waals surface area (Å²) in [6, 6.07) is 5.00. The van der Waals surface area contributed by atoms with Crippen molar-refractivity contribution < 1.29 is 24.2 Å². The zero-order chi connectivity index (χ0) is 20.8. The van der Waals surface area contributed by atoms with Crippen LogP contribution in [0.1, 0.15) is 30.9 Å². The highest BCUT2D eigenvalue weighted by Crippen LogP contribution is 2.25. The van der Waals surface area contributed by atoms with Crippen LogP contribution >= 0.6 is 0 Å². The Kier molecular flexibility index (Phi) is 7.18. The van der Waals surface area contributed by atoms with E-state index in [-0.39, 0.29) is 24.6 Å². The number of piperidine rings is 1. The molecule has 1 saturated heterocycles. The van der Waals surface area contributed by atoms with Gasteiger partial charge in [-0.15, -0.1) is 0 Å². The van der Waals surface area contributed by atoms with Crippen LogP contribution in [0.5, 0.6) is 0 Å². The van der Waals surface area contributed by atoms with Crippen LogP contribution in [-0.2, 0) is 32.5 Å². The molecule has 0 spiro atoms. The number of para-hydroxylation sites is 1. The summed E-state index contributed by atoms with van der Waals surface area (Å²) < 4.78 is 13.7. The van der Waals surface area contributed by atoms with Crippen molar-refractivity contribution in [3.05, 3.63) is 34.2 Å². The fourth-order valence-corrected chi connectivity index (χ4v) is 3.70. The van der Waals surface area contributed by atoms with Crippen molar-refractivity contribution in [2.45, 2.75) is 31.7 Å². The fraction of sp³-hybridized carbons (Fsp3) is 0.550. The molecule has 1 aromatic heterocycles. The quantitative estimate of drug-likeness (QED) is 0.434. The molecule has 29 heavy (non-hydrogen) atoms. The van der Waals surface area contributed by atoms with Crippen LogP contribution in [0, 0.1) is 0 Å². The molecule has 9 heteroatoms. The van der Waals surface area contributed by atoms with E-state index in [1.807, 2.05) is 18.2 Å². The average Bonchev–Trinajstić information content (AvgIpc) is 2.95. The molecule has 1 fully saturated rings. The largest absolute Gasteiger partial charge is 0.394 e. The standard InChI is InChI=1S/C20H27N3O6/c1-22-18-14(5-3-10-28-12-13-29-11-9-24)4-2-6-15(18)23(20(22)27)16-7-8-17(25)21-19(16)26/h2,4,6,16,24H,3,5,7-13H2,1H3,(H,21,25,26). The summed E-state index contributed by atoms with van der Waals surface area (Å²) in [5.41, 5.74) is 2.24. The lowest BCUT2D eigenvalue weighted by Crippen LogP contribution is -2.44. The van der Waals surface area contributed by atoms with Gasteiger partial charge in [0, 0.05) is 20.1 Å². The number of imidazole rings is 1. The Morgan fingerprint density at radius 3 is 2.62 bits per heavy atom. The van der Waals surface area contributed by atoms with Crippen LogP contribution in [-0.4, -0.2) is 59.1 Å². The molecule has 0 aliphatic carbocycles. The van der Waals surface area contributed by atoms with E-state index in [0.29, 0.717) is 38.4 Å². The van der Waals surface area contributed by atoms with Gasteiger partial charge in [0.25, 0.3) is 0 Å². The number of aliphatic hydroxyl groups is 1. The summed E-state index contributed by atoms with van der Waals surface area (Å²) in [7, 11) is 1.70. The fourth-order valence-electron chi connectivity index (χ4n) is 3.70. The zero-order valence-electron chi connectivity index (χ0n) is 16.6. The molecule has 9 nitrogen and oxygen atoms in total. The van der Waals surface area contributed by atoms with E-state index in [4.69, 9.17) is 14.6 Å². The number of aromatic nitrogens is 2. The number of hydrogen-bond acceptors (Lipinski definition) is 6. The molecule has 1 aliphatic heterocycles. The second-order valence-electron chi connectivity index (χ2n) is 7.02.